The van der Waals surface area contributed by atoms with Gasteiger partial charge in [-0.05, 0) is 71.9 Å². The van der Waals surface area contributed by atoms with Crippen LogP contribution in [-0.4, -0.2) is 57.4 Å². The molecule has 230 valence electrons. The summed E-state index contributed by atoms with van der Waals surface area (Å²) in [6.45, 7) is 9.55. The molecule has 2 N–H and O–H groups in total. The minimum absolute atomic E-state index is 0.219. The van der Waals surface area contributed by atoms with Gasteiger partial charge in [0.15, 0.2) is 0 Å². The lowest BCUT2D eigenvalue weighted by atomic mass is 9.94. The summed E-state index contributed by atoms with van der Waals surface area (Å²) in [6.07, 6.45) is -12.7. The standard InChI is InChI=1S/C26H38F6N2O5S/c1-23(2,3)38-21(35)20(34-22(36)39-24(4,5)6)13-16-40(33,37)15-12-19(26(30,31)32)18-9-7-17(8-10-18)11-14-25(27,28)29/h7-10,19-20,33H,11-16H2,1-6H3,(H,34,36)/t19?,20-,40?/m0/s1. The van der Waals surface area contributed by atoms with Crippen molar-refractivity contribution in [3.05, 3.63) is 35.4 Å². The van der Waals surface area contributed by atoms with Gasteiger partial charge in [0.05, 0.1) is 5.92 Å². The number of aryl methyl sites for hydroxylation is 1. The molecule has 0 spiro atoms. The number of ether oxygens (including phenoxy) is 2. The van der Waals surface area contributed by atoms with Crippen LogP contribution in [0.3, 0.4) is 0 Å². The lowest BCUT2D eigenvalue weighted by molar-refractivity contribution is -0.157. The fourth-order valence-corrected chi connectivity index (χ4v) is 4.95. The molecule has 0 radical (unpaired) electrons. The Balaban J connectivity index is 2.96. The molecule has 40 heavy (non-hydrogen) atoms. The number of hydrogen-bond donors (Lipinski definition) is 2. The highest BCUT2D eigenvalue weighted by Gasteiger charge is 2.41. The zero-order chi connectivity index (χ0) is 31.2. The van der Waals surface area contributed by atoms with Gasteiger partial charge in [0.25, 0.3) is 0 Å². The van der Waals surface area contributed by atoms with Gasteiger partial charge < -0.3 is 14.8 Å². The summed E-state index contributed by atoms with van der Waals surface area (Å²) in [4.78, 5) is 24.9. The van der Waals surface area contributed by atoms with Crippen molar-refractivity contribution < 1.29 is 49.6 Å². The maximum absolute atomic E-state index is 13.8. The van der Waals surface area contributed by atoms with E-state index in [4.69, 9.17) is 14.3 Å². The van der Waals surface area contributed by atoms with Crippen LogP contribution >= 0.6 is 0 Å². The number of benzene rings is 1. The number of hydrogen-bond acceptors (Lipinski definition) is 6. The largest absolute Gasteiger partial charge is 0.458 e. The average Bonchev–Trinajstić information content (AvgIpc) is 2.72. The molecule has 0 aliphatic heterocycles. The number of halogens is 6. The smallest absolute Gasteiger partial charge is 0.408 e. The highest BCUT2D eigenvalue weighted by atomic mass is 32.2. The molecule has 1 aromatic carbocycles. The molecular weight excluding hydrogens is 566 g/mol. The molecule has 2 unspecified atom stereocenters. The molecule has 0 saturated heterocycles. The molecule has 1 amide bonds. The molecule has 14 heteroatoms. The molecule has 3 atom stereocenters. The van der Waals surface area contributed by atoms with Crippen LogP contribution < -0.4 is 5.32 Å². The van der Waals surface area contributed by atoms with Gasteiger partial charge >= 0.3 is 24.4 Å². The first-order chi connectivity index (χ1) is 17.9. The van der Waals surface area contributed by atoms with Crippen LogP contribution in [0.2, 0.25) is 0 Å². The fraction of sp³-hybridized carbons (Fsp3) is 0.692. The second-order valence-electron chi connectivity index (χ2n) is 11.5. The van der Waals surface area contributed by atoms with Crippen molar-refractivity contribution in [2.24, 2.45) is 0 Å². The minimum Gasteiger partial charge on any atom is -0.458 e. The Morgan fingerprint density at radius 3 is 1.82 bits per heavy atom. The van der Waals surface area contributed by atoms with Crippen molar-refractivity contribution in [3.63, 3.8) is 0 Å². The van der Waals surface area contributed by atoms with Crippen LogP contribution in [0.15, 0.2) is 24.3 Å². The number of carbonyl (C=O) groups excluding carboxylic acids is 2. The van der Waals surface area contributed by atoms with E-state index in [1.807, 2.05) is 0 Å². The minimum atomic E-state index is -4.76. The maximum atomic E-state index is 13.8. The average molecular weight is 605 g/mol. The van der Waals surface area contributed by atoms with Gasteiger partial charge in [-0.2, -0.15) is 26.3 Å². The van der Waals surface area contributed by atoms with Crippen LogP contribution in [0, 0.1) is 4.78 Å². The Morgan fingerprint density at radius 2 is 1.38 bits per heavy atom. The van der Waals surface area contributed by atoms with Crippen molar-refractivity contribution in [2.75, 3.05) is 11.5 Å². The first-order valence-electron chi connectivity index (χ1n) is 12.6. The van der Waals surface area contributed by atoms with E-state index in [1.54, 1.807) is 41.5 Å². The monoisotopic (exact) mass is 604 g/mol. The normalized spacial score (nSPS) is 16.0. The van der Waals surface area contributed by atoms with Crippen molar-refractivity contribution in [3.8, 4) is 0 Å². The number of rotatable bonds is 11. The van der Waals surface area contributed by atoms with E-state index >= 15 is 0 Å². The fourth-order valence-electron chi connectivity index (χ4n) is 3.51. The van der Waals surface area contributed by atoms with Crippen molar-refractivity contribution in [1.29, 1.82) is 4.78 Å². The van der Waals surface area contributed by atoms with Gasteiger partial charge in [0, 0.05) is 27.7 Å². The van der Waals surface area contributed by atoms with Crippen LogP contribution in [0.25, 0.3) is 0 Å². The van der Waals surface area contributed by atoms with Gasteiger partial charge in [-0.1, -0.05) is 24.3 Å². The highest BCUT2D eigenvalue weighted by Crippen LogP contribution is 2.38. The van der Waals surface area contributed by atoms with E-state index in [0.29, 0.717) is 0 Å². The molecule has 1 aromatic rings. The van der Waals surface area contributed by atoms with E-state index in [2.05, 4.69) is 5.32 Å². The molecule has 0 saturated carbocycles. The Morgan fingerprint density at radius 1 is 0.875 bits per heavy atom. The molecule has 0 heterocycles. The van der Waals surface area contributed by atoms with E-state index in [0.717, 1.165) is 12.1 Å². The van der Waals surface area contributed by atoms with Gasteiger partial charge in [0.2, 0.25) is 0 Å². The maximum Gasteiger partial charge on any atom is 0.408 e. The third-order valence-corrected chi connectivity index (χ3v) is 7.12. The zero-order valence-electron chi connectivity index (χ0n) is 23.4. The van der Waals surface area contributed by atoms with Crippen molar-refractivity contribution in [2.45, 2.75) is 103 Å². The van der Waals surface area contributed by atoms with E-state index < -0.39 is 81.7 Å². The third kappa shape index (κ3) is 14.8. The zero-order valence-corrected chi connectivity index (χ0v) is 24.2. The number of esters is 1. The Labute approximate surface area is 231 Å². The second-order valence-corrected chi connectivity index (χ2v) is 13.9. The number of nitrogens with one attached hydrogen (secondary N) is 2. The van der Waals surface area contributed by atoms with Gasteiger partial charge in [-0.25, -0.2) is 13.8 Å². The van der Waals surface area contributed by atoms with Gasteiger partial charge in [-0.15, -0.1) is 0 Å². The van der Waals surface area contributed by atoms with Crippen molar-refractivity contribution in [1.82, 2.24) is 5.32 Å². The van der Waals surface area contributed by atoms with E-state index in [9.17, 15) is 40.1 Å². The predicted octanol–water partition coefficient (Wildman–Crippen LogP) is 6.89. The molecule has 0 aliphatic carbocycles. The summed E-state index contributed by atoms with van der Waals surface area (Å²) in [5.41, 5.74) is -1.84. The SMILES string of the molecule is CC(C)(C)OC(=O)N[C@@H](CCS(=N)(=O)CCC(c1ccc(CCC(F)(F)F)cc1)C(F)(F)F)C(=O)OC(C)(C)C. The summed E-state index contributed by atoms with van der Waals surface area (Å²) < 4.78 is 110. The van der Waals surface area contributed by atoms with Crippen LogP contribution in [-0.2, 0) is 30.4 Å². The summed E-state index contributed by atoms with van der Waals surface area (Å²) in [6, 6.07) is 3.18. The highest BCUT2D eigenvalue weighted by molar-refractivity contribution is 7.92. The summed E-state index contributed by atoms with van der Waals surface area (Å²) in [5.74, 6) is -4.15. The molecule has 0 fully saturated rings. The van der Waals surface area contributed by atoms with E-state index in [1.165, 1.54) is 12.1 Å². The Kier molecular flexibility index (Phi) is 11.9. The molecule has 0 aromatic heterocycles. The summed E-state index contributed by atoms with van der Waals surface area (Å²) >= 11 is 0. The topological polar surface area (TPSA) is 106 Å². The predicted molar refractivity (Wildman–Crippen MR) is 138 cm³/mol. The Hall–Kier alpha value is -2.51. The third-order valence-electron chi connectivity index (χ3n) is 5.33. The quantitative estimate of drug-likeness (QED) is 0.211. The number of alkyl carbamates (subject to hydrolysis) is 1. The van der Waals surface area contributed by atoms with Crippen LogP contribution in [0.1, 0.15) is 77.8 Å². The van der Waals surface area contributed by atoms with Gasteiger partial charge in [0.1, 0.15) is 17.2 Å². The molecule has 0 bridgehead atoms. The number of amides is 1. The lowest BCUT2D eigenvalue weighted by Crippen LogP contribution is -2.46. The van der Waals surface area contributed by atoms with Crippen LogP contribution in [0.4, 0.5) is 31.1 Å². The van der Waals surface area contributed by atoms with Gasteiger partial charge in [-0.3, -0.25) is 4.78 Å². The van der Waals surface area contributed by atoms with Crippen LogP contribution in [0.5, 0.6) is 0 Å². The first-order valence-corrected chi connectivity index (χ1v) is 14.5. The molecule has 1 rings (SSSR count). The van der Waals surface area contributed by atoms with Crippen molar-refractivity contribution >= 4 is 21.8 Å². The lowest BCUT2D eigenvalue weighted by Gasteiger charge is -2.26. The number of carbonyl (C=O) groups is 2. The van der Waals surface area contributed by atoms with E-state index in [-0.39, 0.29) is 24.0 Å². The number of alkyl halides is 6. The summed E-state index contributed by atoms with van der Waals surface area (Å²) in [7, 11) is -3.65. The molecule has 7 nitrogen and oxygen atoms in total. The second kappa shape index (κ2) is 13.4. The molecule has 0 aliphatic rings. The summed E-state index contributed by atoms with van der Waals surface area (Å²) in [5, 5.41) is 2.31. The Bertz CT molecular complexity index is 1090. The first kappa shape index (κ1) is 35.5. The molecular formula is C26H38F6N2O5S.